The van der Waals surface area contributed by atoms with E-state index in [1.165, 1.54) is 32.1 Å². The van der Waals surface area contributed by atoms with Gasteiger partial charge in [-0.25, -0.2) is 4.98 Å². The molecule has 1 fully saturated rings. The second-order valence-electron chi connectivity index (χ2n) is 5.31. The van der Waals surface area contributed by atoms with Crippen LogP contribution in [0.25, 0.3) is 0 Å². The van der Waals surface area contributed by atoms with Crippen molar-refractivity contribution in [3.05, 3.63) is 17.6 Å². The zero-order valence-electron chi connectivity index (χ0n) is 11.2. The number of nitrogens with one attached hydrogen (secondary N) is 1. The van der Waals surface area contributed by atoms with Crippen LogP contribution in [0.1, 0.15) is 50.4 Å². The number of rotatable bonds is 2. The molecule has 0 aromatic carbocycles. The summed E-state index contributed by atoms with van der Waals surface area (Å²) < 4.78 is 0. The van der Waals surface area contributed by atoms with E-state index < -0.39 is 0 Å². The monoisotopic (exact) mass is 233 g/mol. The molecule has 1 aromatic heterocycles. The molecule has 1 aliphatic carbocycles. The second kappa shape index (κ2) is 5.48. The molecule has 0 bridgehead atoms. The number of hydrogen-bond acceptors (Lipinski definition) is 3. The van der Waals surface area contributed by atoms with Crippen LogP contribution in [0.5, 0.6) is 0 Å². The Balaban J connectivity index is 2.10. The van der Waals surface area contributed by atoms with E-state index in [0.29, 0.717) is 6.04 Å². The first-order chi connectivity index (χ1) is 8.16. The van der Waals surface area contributed by atoms with Crippen LogP contribution in [0.15, 0.2) is 6.20 Å². The van der Waals surface area contributed by atoms with Gasteiger partial charge in [0.2, 0.25) is 0 Å². The average molecular weight is 233 g/mol. The molecule has 2 unspecified atom stereocenters. The molecule has 0 radical (unpaired) electrons. The lowest BCUT2D eigenvalue weighted by molar-refractivity contribution is 0.455. The molecule has 17 heavy (non-hydrogen) atoms. The van der Waals surface area contributed by atoms with E-state index in [9.17, 15) is 0 Å². The lowest BCUT2D eigenvalue weighted by Crippen LogP contribution is -2.27. The first kappa shape index (κ1) is 12.3. The third kappa shape index (κ3) is 3.18. The van der Waals surface area contributed by atoms with Gasteiger partial charge in [-0.15, -0.1) is 0 Å². The normalized spacial score (nSPS) is 25.4. The Bertz CT molecular complexity index is 376. The van der Waals surface area contributed by atoms with Gasteiger partial charge in [-0.05, 0) is 32.6 Å². The Morgan fingerprint density at radius 1 is 1.18 bits per heavy atom. The molecule has 1 aliphatic rings. The van der Waals surface area contributed by atoms with Gasteiger partial charge in [0.1, 0.15) is 5.82 Å². The predicted molar refractivity (Wildman–Crippen MR) is 71.2 cm³/mol. The van der Waals surface area contributed by atoms with Crippen LogP contribution >= 0.6 is 0 Å². The van der Waals surface area contributed by atoms with E-state index in [4.69, 9.17) is 0 Å². The van der Waals surface area contributed by atoms with Gasteiger partial charge < -0.3 is 5.32 Å². The third-order valence-corrected chi connectivity index (χ3v) is 3.76. The first-order valence-electron chi connectivity index (χ1n) is 6.73. The first-order valence-corrected chi connectivity index (χ1v) is 6.73. The Morgan fingerprint density at radius 3 is 2.76 bits per heavy atom. The SMILES string of the molecule is Cc1cnc(C)c(NC2CCCCCC2C)n1. The summed E-state index contributed by atoms with van der Waals surface area (Å²) in [5, 5.41) is 3.61. The highest BCUT2D eigenvalue weighted by molar-refractivity contribution is 5.40. The van der Waals surface area contributed by atoms with Gasteiger partial charge in [-0.3, -0.25) is 4.98 Å². The number of nitrogens with zero attached hydrogens (tertiary/aromatic N) is 2. The molecule has 3 nitrogen and oxygen atoms in total. The van der Waals surface area contributed by atoms with Crippen molar-refractivity contribution >= 4 is 5.82 Å². The molecular formula is C14H23N3. The molecule has 0 aliphatic heterocycles. The molecule has 1 N–H and O–H groups in total. The average Bonchev–Trinajstić information content (AvgIpc) is 2.50. The summed E-state index contributed by atoms with van der Waals surface area (Å²) in [6.07, 6.45) is 8.50. The summed E-state index contributed by atoms with van der Waals surface area (Å²) in [5.74, 6) is 1.71. The van der Waals surface area contributed by atoms with Crippen LogP contribution in [0.3, 0.4) is 0 Å². The maximum atomic E-state index is 4.56. The van der Waals surface area contributed by atoms with Crippen LogP contribution in [-0.4, -0.2) is 16.0 Å². The van der Waals surface area contributed by atoms with Gasteiger partial charge in [-0.1, -0.05) is 26.2 Å². The summed E-state index contributed by atoms with van der Waals surface area (Å²) in [4.78, 5) is 8.93. The van der Waals surface area contributed by atoms with Gasteiger partial charge in [0, 0.05) is 12.2 Å². The van der Waals surface area contributed by atoms with Gasteiger partial charge in [0.05, 0.1) is 11.4 Å². The standard InChI is InChI=1S/C14H23N3/c1-10-7-5-4-6-8-13(10)17-14-12(3)15-9-11(2)16-14/h9-10,13H,4-8H2,1-3H3,(H,16,17). The number of aromatic nitrogens is 2. The maximum Gasteiger partial charge on any atom is 0.147 e. The minimum Gasteiger partial charge on any atom is -0.366 e. The van der Waals surface area contributed by atoms with E-state index >= 15 is 0 Å². The van der Waals surface area contributed by atoms with Crippen molar-refractivity contribution in [2.45, 2.75) is 58.9 Å². The predicted octanol–water partition coefficient (Wildman–Crippen LogP) is 3.47. The molecule has 2 rings (SSSR count). The topological polar surface area (TPSA) is 37.8 Å². The number of aryl methyl sites for hydroxylation is 2. The van der Waals surface area contributed by atoms with E-state index in [0.717, 1.165) is 23.1 Å². The highest BCUT2D eigenvalue weighted by atomic mass is 15.0. The molecule has 0 amide bonds. The molecular weight excluding hydrogens is 210 g/mol. The highest BCUT2D eigenvalue weighted by Gasteiger charge is 2.20. The van der Waals surface area contributed by atoms with E-state index in [-0.39, 0.29) is 0 Å². The van der Waals surface area contributed by atoms with E-state index in [1.54, 1.807) is 0 Å². The van der Waals surface area contributed by atoms with Crippen molar-refractivity contribution in [2.75, 3.05) is 5.32 Å². The zero-order chi connectivity index (χ0) is 12.3. The summed E-state index contributed by atoms with van der Waals surface area (Å²) in [6, 6.07) is 0.562. The second-order valence-corrected chi connectivity index (χ2v) is 5.31. The van der Waals surface area contributed by atoms with Gasteiger partial charge in [0.15, 0.2) is 0 Å². The maximum absolute atomic E-state index is 4.56. The Morgan fingerprint density at radius 2 is 1.94 bits per heavy atom. The van der Waals surface area contributed by atoms with Crippen LogP contribution in [-0.2, 0) is 0 Å². The van der Waals surface area contributed by atoms with Crippen LogP contribution < -0.4 is 5.32 Å². The van der Waals surface area contributed by atoms with Crippen LogP contribution in [0.2, 0.25) is 0 Å². The Labute approximate surface area is 104 Å². The van der Waals surface area contributed by atoms with Crippen LogP contribution in [0, 0.1) is 19.8 Å². The van der Waals surface area contributed by atoms with E-state index in [2.05, 4.69) is 22.2 Å². The molecule has 3 heteroatoms. The summed E-state index contributed by atoms with van der Waals surface area (Å²) >= 11 is 0. The number of hydrogen-bond donors (Lipinski definition) is 1. The minimum absolute atomic E-state index is 0.562. The van der Waals surface area contributed by atoms with Crippen molar-refractivity contribution in [3.63, 3.8) is 0 Å². The minimum atomic E-state index is 0.562. The fourth-order valence-electron chi connectivity index (χ4n) is 2.56. The molecule has 2 atom stereocenters. The zero-order valence-corrected chi connectivity index (χ0v) is 11.2. The quantitative estimate of drug-likeness (QED) is 0.795. The van der Waals surface area contributed by atoms with Gasteiger partial charge in [-0.2, -0.15) is 0 Å². The molecule has 0 spiro atoms. The highest BCUT2D eigenvalue weighted by Crippen LogP contribution is 2.26. The fourth-order valence-corrected chi connectivity index (χ4v) is 2.56. The van der Waals surface area contributed by atoms with Gasteiger partial charge >= 0.3 is 0 Å². The summed E-state index contributed by atoms with van der Waals surface area (Å²) in [7, 11) is 0. The lowest BCUT2D eigenvalue weighted by atomic mass is 9.97. The van der Waals surface area contributed by atoms with Crippen molar-refractivity contribution in [3.8, 4) is 0 Å². The molecule has 1 heterocycles. The molecule has 94 valence electrons. The Kier molecular flexibility index (Phi) is 3.97. The fraction of sp³-hybridized carbons (Fsp3) is 0.714. The molecule has 1 aromatic rings. The van der Waals surface area contributed by atoms with Crippen LogP contribution in [0.4, 0.5) is 5.82 Å². The van der Waals surface area contributed by atoms with Gasteiger partial charge in [0.25, 0.3) is 0 Å². The summed E-state index contributed by atoms with van der Waals surface area (Å²) in [6.45, 7) is 6.37. The Hall–Kier alpha value is -1.12. The lowest BCUT2D eigenvalue weighted by Gasteiger charge is -2.24. The summed E-state index contributed by atoms with van der Waals surface area (Å²) in [5.41, 5.74) is 1.99. The third-order valence-electron chi connectivity index (χ3n) is 3.76. The van der Waals surface area contributed by atoms with Crippen molar-refractivity contribution in [2.24, 2.45) is 5.92 Å². The van der Waals surface area contributed by atoms with Crippen molar-refractivity contribution in [1.29, 1.82) is 0 Å². The largest absolute Gasteiger partial charge is 0.366 e. The molecule has 1 saturated carbocycles. The molecule has 0 saturated heterocycles. The number of anilines is 1. The van der Waals surface area contributed by atoms with Crippen molar-refractivity contribution < 1.29 is 0 Å². The van der Waals surface area contributed by atoms with Crippen molar-refractivity contribution in [1.82, 2.24) is 9.97 Å². The van der Waals surface area contributed by atoms with E-state index in [1.807, 2.05) is 20.0 Å². The smallest absolute Gasteiger partial charge is 0.147 e.